The molecule has 0 bridgehead atoms. The summed E-state index contributed by atoms with van der Waals surface area (Å²) in [5.41, 5.74) is -1.24. The summed E-state index contributed by atoms with van der Waals surface area (Å²) in [7, 11) is -0.157. The van der Waals surface area contributed by atoms with Gasteiger partial charge in [0, 0.05) is 0 Å². The molecule has 0 rings (SSSR count). The fraction of sp³-hybridized carbons (Fsp3) is 0. The fourth-order valence-electron chi connectivity index (χ4n) is 0. The predicted molar refractivity (Wildman–Crippen MR) is 26.2 cm³/mol. The third kappa shape index (κ3) is 5.11. The Hall–Kier alpha value is 1.11. The molecule has 0 N–H and O–H groups in total. The summed E-state index contributed by atoms with van der Waals surface area (Å²) in [4.78, 5) is 0. The van der Waals surface area contributed by atoms with Gasteiger partial charge < -0.3 is 0 Å². The summed E-state index contributed by atoms with van der Waals surface area (Å²) in [5, 5.41) is 0. The van der Waals surface area contributed by atoms with E-state index in [0.717, 1.165) is 0 Å². The van der Waals surface area contributed by atoms with Gasteiger partial charge in [-0.05, 0) is 0 Å². The molecular weight excluding hydrogens is 149 g/mol. The summed E-state index contributed by atoms with van der Waals surface area (Å²) in [5.74, 6) is 0. The van der Waals surface area contributed by atoms with E-state index in [1.165, 1.54) is 0 Å². The molecular formula is Cl2OP2. The Morgan fingerprint density at radius 1 is 1.60 bits per heavy atom. The second kappa shape index (κ2) is 3.31. The number of hydrogen-bond donors (Lipinski definition) is 0. The van der Waals surface area contributed by atoms with Gasteiger partial charge in [0.25, 0.3) is 0 Å². The quantitative estimate of drug-likeness (QED) is 0.483. The van der Waals surface area contributed by atoms with Crippen LogP contribution in [0, 0.1) is 0 Å². The van der Waals surface area contributed by atoms with Gasteiger partial charge in [0.2, 0.25) is 0 Å². The normalized spacial score (nSPS) is 6.80. The van der Waals surface area contributed by atoms with Crippen molar-refractivity contribution in [2.75, 3.05) is 0 Å². The van der Waals surface area contributed by atoms with E-state index in [1.54, 1.807) is 0 Å². The molecule has 0 saturated carbocycles. The summed E-state index contributed by atoms with van der Waals surface area (Å²) in [6.45, 7) is 0. The molecule has 0 saturated heterocycles. The third-order valence-electron chi connectivity index (χ3n) is 0.0617. The van der Waals surface area contributed by atoms with Crippen molar-refractivity contribution in [2.24, 2.45) is 0 Å². The number of halogens is 2. The van der Waals surface area contributed by atoms with Crippen LogP contribution in [-0.2, 0) is 4.57 Å². The Bertz CT molecular complexity index is 111. The minimum absolute atomic E-state index is 0.157. The van der Waals surface area contributed by atoms with Gasteiger partial charge in [-0.2, -0.15) is 0 Å². The second-order valence-electron chi connectivity index (χ2n) is 0.297. The minimum atomic E-state index is -1.24. The van der Waals surface area contributed by atoms with Crippen molar-refractivity contribution >= 4 is 35.8 Å². The van der Waals surface area contributed by atoms with Gasteiger partial charge >= 0.3 is 40.3 Å². The van der Waals surface area contributed by atoms with E-state index in [-0.39, 0.29) is 7.56 Å². The van der Waals surface area contributed by atoms with Crippen molar-refractivity contribution in [1.29, 1.82) is 0 Å². The molecule has 0 aliphatic carbocycles. The van der Waals surface area contributed by atoms with E-state index in [1.807, 2.05) is 0 Å². The van der Waals surface area contributed by atoms with Gasteiger partial charge in [0.05, 0.1) is 0 Å². The zero-order chi connectivity index (χ0) is 4.28. The van der Waals surface area contributed by atoms with Crippen LogP contribution in [0.4, 0.5) is 0 Å². The van der Waals surface area contributed by atoms with E-state index in [0.29, 0.717) is 0 Å². The van der Waals surface area contributed by atoms with Gasteiger partial charge in [0.15, 0.2) is 0 Å². The molecule has 0 amide bonds. The van der Waals surface area contributed by atoms with Crippen LogP contribution in [-0.4, -0.2) is 0 Å². The van der Waals surface area contributed by atoms with Crippen LogP contribution in [0.3, 0.4) is 0 Å². The van der Waals surface area contributed by atoms with Crippen LogP contribution in [0.25, 0.3) is 0 Å². The van der Waals surface area contributed by atoms with E-state index >= 15 is 0 Å². The first-order chi connectivity index (χ1) is 2.27. The van der Waals surface area contributed by atoms with Crippen molar-refractivity contribution in [3.63, 3.8) is 0 Å². The van der Waals surface area contributed by atoms with Crippen LogP contribution >= 0.6 is 35.8 Å². The molecule has 0 aromatic heterocycles. The van der Waals surface area contributed by atoms with Crippen molar-refractivity contribution in [3.8, 4) is 0 Å². The molecule has 5 heteroatoms. The molecule has 0 atom stereocenters. The molecule has 0 fully saturated rings. The van der Waals surface area contributed by atoms with Crippen molar-refractivity contribution in [2.45, 2.75) is 0 Å². The molecule has 0 spiro atoms. The van der Waals surface area contributed by atoms with Crippen molar-refractivity contribution in [3.05, 3.63) is 0 Å². The second-order valence-corrected chi connectivity index (χ2v) is 6.54. The summed E-state index contributed by atoms with van der Waals surface area (Å²) >= 11 is 9.94. The number of hydrogen-bond acceptors (Lipinski definition) is 1. The zero-order valence-electron chi connectivity index (χ0n) is 2.06. The molecule has 5 heavy (non-hydrogen) atoms. The van der Waals surface area contributed by atoms with Gasteiger partial charge in [-0.25, -0.2) is 0 Å². The Morgan fingerprint density at radius 3 is 1.80 bits per heavy atom. The molecule has 30 valence electrons. The van der Waals surface area contributed by atoms with Crippen LogP contribution in [0.15, 0.2) is 0 Å². The summed E-state index contributed by atoms with van der Waals surface area (Å²) in [6, 6.07) is 0. The Balaban J connectivity index is 3.97. The first-order valence-corrected chi connectivity index (χ1v) is 5.39. The molecule has 0 unspecified atom stereocenters. The van der Waals surface area contributed by atoms with E-state index in [4.69, 9.17) is 22.5 Å². The van der Waals surface area contributed by atoms with E-state index < -0.39 is 5.73 Å². The zero-order valence-corrected chi connectivity index (χ0v) is 5.36. The van der Waals surface area contributed by atoms with E-state index in [9.17, 15) is 4.57 Å². The van der Waals surface area contributed by atoms with Crippen molar-refractivity contribution in [1.82, 2.24) is 0 Å². The molecule has 0 aromatic carbocycles. The van der Waals surface area contributed by atoms with Crippen LogP contribution in [0.5, 0.6) is 0 Å². The Morgan fingerprint density at radius 2 is 1.80 bits per heavy atom. The van der Waals surface area contributed by atoms with Gasteiger partial charge in [-0.1, -0.05) is 0 Å². The first kappa shape index (κ1) is 6.11. The molecule has 0 aliphatic heterocycles. The average Bonchev–Trinajstić information content (AvgIpc) is 1.38. The van der Waals surface area contributed by atoms with Crippen molar-refractivity contribution < 1.29 is 4.57 Å². The maximum absolute atomic E-state index is 9.37. The third-order valence-corrected chi connectivity index (χ3v) is 1.67. The monoisotopic (exact) mass is 148 g/mol. The Labute approximate surface area is 40.9 Å². The molecule has 0 radical (unpaired) electrons. The van der Waals surface area contributed by atoms with Gasteiger partial charge in [-0.3, -0.25) is 0 Å². The summed E-state index contributed by atoms with van der Waals surface area (Å²) in [6.07, 6.45) is 0. The first-order valence-electron chi connectivity index (χ1n) is 0.721. The number of rotatable bonds is 0. The SMILES string of the molecule is O=P#P(Cl)Cl. The van der Waals surface area contributed by atoms with Gasteiger partial charge in [-0.15, -0.1) is 0 Å². The fourth-order valence-corrected chi connectivity index (χ4v) is 0. The summed E-state index contributed by atoms with van der Waals surface area (Å²) < 4.78 is 9.37. The maximum atomic E-state index is 9.37. The molecule has 0 heterocycles. The molecule has 0 aromatic rings. The van der Waals surface area contributed by atoms with Crippen LogP contribution in [0.1, 0.15) is 0 Å². The predicted octanol–water partition coefficient (Wildman–Crippen LogP) is 2.98. The van der Waals surface area contributed by atoms with E-state index in [2.05, 4.69) is 0 Å². The van der Waals surface area contributed by atoms with Crippen LogP contribution in [0.2, 0.25) is 0 Å². The van der Waals surface area contributed by atoms with Crippen LogP contribution < -0.4 is 0 Å². The standard InChI is InChI=1S/Cl2OP2/c1-5(2)4-3. The molecule has 0 aliphatic rings. The van der Waals surface area contributed by atoms with Gasteiger partial charge in [0.1, 0.15) is 0 Å². The topological polar surface area (TPSA) is 17.1 Å². The molecule has 1 nitrogen and oxygen atoms in total. The average molecular weight is 149 g/mol. The Kier molecular flexibility index (Phi) is 4.04.